The Hall–Kier alpha value is -3.05. The molecule has 2 aromatic rings. The lowest BCUT2D eigenvalue weighted by Gasteiger charge is -2.38. The molecule has 1 aromatic carbocycles. The van der Waals surface area contributed by atoms with Gasteiger partial charge >= 0.3 is 5.69 Å². The number of ether oxygens (including phenoxy) is 1. The van der Waals surface area contributed by atoms with Gasteiger partial charge in [-0.05, 0) is 66.2 Å². The first kappa shape index (κ1) is 25.6. The molecule has 0 saturated carbocycles. The molecular weight excluding hydrogens is 430 g/mol. The van der Waals surface area contributed by atoms with Crippen LogP contribution in [0.1, 0.15) is 65.6 Å². The average Bonchev–Trinajstić information content (AvgIpc) is 2.77. The van der Waals surface area contributed by atoms with Gasteiger partial charge in [0.05, 0.1) is 11.6 Å². The zero-order chi connectivity index (χ0) is 25.0. The molecule has 0 amide bonds. The number of anilines is 1. The van der Waals surface area contributed by atoms with Crippen molar-refractivity contribution in [2.24, 2.45) is 0 Å². The molecule has 3 rings (SSSR count). The van der Waals surface area contributed by atoms with Crippen molar-refractivity contribution in [3.8, 4) is 11.8 Å². The Labute approximate surface area is 202 Å². The molecule has 1 saturated heterocycles. The van der Waals surface area contributed by atoms with Crippen molar-refractivity contribution in [2.75, 3.05) is 37.6 Å². The predicted octanol–water partition coefficient (Wildman–Crippen LogP) is 3.41. The molecule has 184 valence electrons. The molecule has 0 aliphatic carbocycles. The Morgan fingerprint density at radius 3 is 2.24 bits per heavy atom. The molecular formula is C26H37N5O3. The van der Waals surface area contributed by atoms with Crippen LogP contribution in [-0.4, -0.2) is 52.4 Å². The lowest BCUT2D eigenvalue weighted by Crippen LogP contribution is -2.51. The first-order valence-corrected chi connectivity index (χ1v) is 12.1. The van der Waals surface area contributed by atoms with Crippen LogP contribution >= 0.6 is 0 Å². The Balaban J connectivity index is 1.64. The summed E-state index contributed by atoms with van der Waals surface area (Å²) in [5.41, 5.74) is -0.265. The van der Waals surface area contributed by atoms with E-state index in [0.29, 0.717) is 17.1 Å². The first-order valence-electron chi connectivity index (χ1n) is 12.1. The Morgan fingerprint density at radius 1 is 1.00 bits per heavy atom. The quantitative estimate of drug-likeness (QED) is 0.592. The Bertz CT molecular complexity index is 1150. The minimum Gasteiger partial charge on any atom is -0.488 e. The zero-order valence-corrected chi connectivity index (χ0v) is 21.2. The number of aromatic nitrogens is 2. The van der Waals surface area contributed by atoms with Crippen molar-refractivity contribution in [2.45, 2.75) is 65.6 Å². The van der Waals surface area contributed by atoms with Gasteiger partial charge in [-0.3, -0.25) is 18.8 Å². The van der Waals surface area contributed by atoms with E-state index in [4.69, 9.17) is 10.00 Å². The van der Waals surface area contributed by atoms with Crippen LogP contribution in [0.25, 0.3) is 0 Å². The second-order valence-corrected chi connectivity index (χ2v) is 10.1. The fraction of sp³-hybridized carbons (Fsp3) is 0.577. The second-order valence-electron chi connectivity index (χ2n) is 10.1. The highest BCUT2D eigenvalue weighted by Gasteiger charge is 2.26. The van der Waals surface area contributed by atoms with Gasteiger partial charge in [0, 0.05) is 50.9 Å². The number of hydrogen-bond donors (Lipinski definition) is 0. The van der Waals surface area contributed by atoms with Crippen LogP contribution in [0.5, 0.6) is 5.75 Å². The molecule has 0 unspecified atom stereocenters. The largest absolute Gasteiger partial charge is 0.488 e. The molecule has 0 atom stereocenters. The van der Waals surface area contributed by atoms with E-state index >= 15 is 0 Å². The predicted molar refractivity (Wildman–Crippen MR) is 135 cm³/mol. The van der Waals surface area contributed by atoms with Gasteiger partial charge in [-0.25, -0.2) is 4.79 Å². The van der Waals surface area contributed by atoms with Crippen LogP contribution in [-0.2, 0) is 0 Å². The van der Waals surface area contributed by atoms with Gasteiger partial charge in [-0.15, -0.1) is 0 Å². The van der Waals surface area contributed by atoms with Gasteiger partial charge in [0.2, 0.25) is 0 Å². The van der Waals surface area contributed by atoms with E-state index in [2.05, 4.69) is 29.7 Å². The first-order chi connectivity index (χ1) is 16.0. The van der Waals surface area contributed by atoms with Crippen LogP contribution in [0.4, 0.5) is 5.82 Å². The summed E-state index contributed by atoms with van der Waals surface area (Å²) in [6, 6.07) is 10.8. The highest BCUT2D eigenvalue weighted by molar-refractivity contribution is 5.40. The monoisotopic (exact) mass is 467 g/mol. The van der Waals surface area contributed by atoms with Crippen molar-refractivity contribution in [3.63, 3.8) is 0 Å². The SMILES string of the molecule is CC(C)n1c(N2CCN(CCC(C)(C)Oc3cccc(C#N)c3)CC2)cc(=O)n(C(C)C)c1=O. The lowest BCUT2D eigenvalue weighted by molar-refractivity contribution is 0.0820. The smallest absolute Gasteiger partial charge is 0.333 e. The van der Waals surface area contributed by atoms with Gasteiger partial charge in [0.15, 0.2) is 0 Å². The van der Waals surface area contributed by atoms with E-state index in [1.54, 1.807) is 22.8 Å². The Kier molecular flexibility index (Phi) is 7.88. The summed E-state index contributed by atoms with van der Waals surface area (Å²) in [5, 5.41) is 9.10. The fourth-order valence-corrected chi connectivity index (χ4v) is 4.39. The van der Waals surface area contributed by atoms with Gasteiger partial charge in [0.1, 0.15) is 17.2 Å². The van der Waals surface area contributed by atoms with E-state index in [1.807, 2.05) is 39.8 Å². The van der Waals surface area contributed by atoms with E-state index in [1.165, 1.54) is 4.57 Å². The number of piperazine rings is 1. The zero-order valence-electron chi connectivity index (χ0n) is 21.2. The van der Waals surface area contributed by atoms with Crippen LogP contribution < -0.4 is 20.9 Å². The molecule has 1 aliphatic heterocycles. The molecule has 1 aromatic heterocycles. The number of rotatable bonds is 8. The Morgan fingerprint density at radius 2 is 1.65 bits per heavy atom. The van der Waals surface area contributed by atoms with Crippen LogP contribution in [0.15, 0.2) is 39.9 Å². The second kappa shape index (κ2) is 10.5. The highest BCUT2D eigenvalue weighted by atomic mass is 16.5. The minimum atomic E-state index is -0.370. The fourth-order valence-electron chi connectivity index (χ4n) is 4.39. The minimum absolute atomic E-state index is 0.0383. The molecule has 8 nitrogen and oxygen atoms in total. The lowest BCUT2D eigenvalue weighted by atomic mass is 10.0. The standard InChI is InChI=1S/C26H37N5O3/c1-19(2)30-23(17-24(32)31(20(3)4)25(30)33)29-14-12-28(13-15-29)11-10-26(5,6)34-22-9-7-8-21(16-22)18-27/h7-9,16-17,19-20H,10-15H2,1-6H3. The molecule has 0 radical (unpaired) electrons. The van der Waals surface area contributed by atoms with Crippen molar-refractivity contribution < 1.29 is 4.74 Å². The summed E-state index contributed by atoms with van der Waals surface area (Å²) in [6.45, 7) is 15.9. The van der Waals surface area contributed by atoms with Gasteiger partial charge in [0.25, 0.3) is 5.56 Å². The summed E-state index contributed by atoms with van der Waals surface area (Å²) in [5.74, 6) is 1.42. The third-order valence-corrected chi connectivity index (χ3v) is 6.27. The normalized spacial score (nSPS) is 15.1. The summed E-state index contributed by atoms with van der Waals surface area (Å²) in [7, 11) is 0. The number of nitriles is 1. The molecule has 1 aliphatic rings. The van der Waals surface area contributed by atoms with E-state index in [0.717, 1.165) is 39.1 Å². The van der Waals surface area contributed by atoms with E-state index in [-0.39, 0.29) is 28.9 Å². The molecule has 34 heavy (non-hydrogen) atoms. The van der Waals surface area contributed by atoms with E-state index < -0.39 is 0 Å². The number of benzene rings is 1. The van der Waals surface area contributed by atoms with Crippen LogP contribution in [0.3, 0.4) is 0 Å². The summed E-state index contributed by atoms with van der Waals surface area (Å²) in [6.07, 6.45) is 0.838. The van der Waals surface area contributed by atoms with Crippen molar-refractivity contribution in [1.29, 1.82) is 5.26 Å². The molecule has 0 spiro atoms. The molecule has 2 heterocycles. The third-order valence-electron chi connectivity index (χ3n) is 6.27. The molecule has 8 heteroatoms. The number of nitrogens with zero attached hydrogens (tertiary/aromatic N) is 5. The summed E-state index contributed by atoms with van der Waals surface area (Å²) >= 11 is 0. The van der Waals surface area contributed by atoms with Crippen molar-refractivity contribution in [3.05, 3.63) is 56.7 Å². The van der Waals surface area contributed by atoms with Gasteiger partial charge in [-0.1, -0.05) is 6.07 Å². The average molecular weight is 468 g/mol. The van der Waals surface area contributed by atoms with Crippen LogP contribution in [0.2, 0.25) is 0 Å². The molecule has 0 N–H and O–H groups in total. The maximum atomic E-state index is 13.1. The van der Waals surface area contributed by atoms with E-state index in [9.17, 15) is 9.59 Å². The number of hydrogen-bond acceptors (Lipinski definition) is 6. The summed E-state index contributed by atoms with van der Waals surface area (Å²) < 4.78 is 9.23. The highest BCUT2D eigenvalue weighted by Crippen LogP contribution is 2.23. The third kappa shape index (κ3) is 5.89. The summed E-state index contributed by atoms with van der Waals surface area (Å²) in [4.78, 5) is 30.3. The maximum absolute atomic E-state index is 13.1. The van der Waals surface area contributed by atoms with Crippen molar-refractivity contribution in [1.82, 2.24) is 14.0 Å². The van der Waals surface area contributed by atoms with Crippen LogP contribution in [0, 0.1) is 11.3 Å². The maximum Gasteiger partial charge on any atom is 0.333 e. The molecule has 1 fully saturated rings. The molecule has 0 bridgehead atoms. The van der Waals surface area contributed by atoms with Gasteiger partial charge in [-0.2, -0.15) is 5.26 Å². The topological polar surface area (TPSA) is 83.5 Å². The van der Waals surface area contributed by atoms with Crippen molar-refractivity contribution >= 4 is 5.82 Å². The van der Waals surface area contributed by atoms with Gasteiger partial charge < -0.3 is 9.64 Å².